The lowest BCUT2D eigenvalue weighted by Gasteiger charge is -2.22. The van der Waals surface area contributed by atoms with Gasteiger partial charge in [0.25, 0.3) is 5.91 Å². The second kappa shape index (κ2) is 5.19. The van der Waals surface area contributed by atoms with Crippen molar-refractivity contribution in [2.24, 2.45) is 5.41 Å². The molecule has 0 saturated carbocycles. The van der Waals surface area contributed by atoms with Crippen LogP contribution in [-0.2, 0) is 0 Å². The zero-order valence-corrected chi connectivity index (χ0v) is 10.6. The van der Waals surface area contributed by atoms with Gasteiger partial charge in [-0.25, -0.2) is 0 Å². The number of rotatable bonds is 4. The zero-order chi connectivity index (χ0) is 13.1. The SMILES string of the molecule is Cc1cc(N)ccc1C(=O)NCC(C)(C)CO. The summed E-state index contributed by atoms with van der Waals surface area (Å²) in [4.78, 5) is 11.9. The molecule has 4 N–H and O–H groups in total. The van der Waals surface area contributed by atoms with Crippen LogP contribution in [0.4, 0.5) is 5.69 Å². The normalized spacial score (nSPS) is 11.3. The van der Waals surface area contributed by atoms with Gasteiger partial charge in [0.05, 0.1) is 0 Å². The fraction of sp³-hybridized carbons (Fsp3) is 0.462. The second-order valence-electron chi connectivity index (χ2n) is 5.08. The highest BCUT2D eigenvalue weighted by atomic mass is 16.3. The molecule has 4 heteroatoms. The number of nitrogens with one attached hydrogen (secondary N) is 1. The van der Waals surface area contributed by atoms with E-state index in [1.165, 1.54) is 0 Å². The first kappa shape index (κ1) is 13.5. The Balaban J connectivity index is 2.71. The fourth-order valence-electron chi connectivity index (χ4n) is 1.41. The lowest BCUT2D eigenvalue weighted by molar-refractivity contribution is 0.0910. The lowest BCUT2D eigenvalue weighted by atomic mass is 9.95. The van der Waals surface area contributed by atoms with Crippen LogP contribution in [0, 0.1) is 12.3 Å². The van der Waals surface area contributed by atoms with Crippen molar-refractivity contribution in [3.63, 3.8) is 0 Å². The topological polar surface area (TPSA) is 75.4 Å². The molecule has 0 bridgehead atoms. The quantitative estimate of drug-likeness (QED) is 0.690. The maximum atomic E-state index is 11.9. The predicted molar refractivity (Wildman–Crippen MR) is 68.8 cm³/mol. The summed E-state index contributed by atoms with van der Waals surface area (Å²) in [5.41, 5.74) is 7.44. The number of aliphatic hydroxyl groups is 1. The maximum absolute atomic E-state index is 11.9. The molecule has 0 unspecified atom stereocenters. The molecule has 1 rings (SSSR count). The number of aryl methyl sites for hydroxylation is 1. The largest absolute Gasteiger partial charge is 0.399 e. The summed E-state index contributed by atoms with van der Waals surface area (Å²) in [6, 6.07) is 5.19. The first-order chi connectivity index (χ1) is 7.85. The van der Waals surface area contributed by atoms with Gasteiger partial charge in [-0.2, -0.15) is 0 Å². The lowest BCUT2D eigenvalue weighted by Crippen LogP contribution is -2.36. The Morgan fingerprint density at radius 3 is 2.65 bits per heavy atom. The van der Waals surface area contributed by atoms with Gasteiger partial charge in [0.15, 0.2) is 0 Å². The molecule has 0 aliphatic carbocycles. The Labute approximate surface area is 102 Å². The van der Waals surface area contributed by atoms with Crippen LogP contribution < -0.4 is 11.1 Å². The third-order valence-electron chi connectivity index (χ3n) is 2.65. The van der Waals surface area contributed by atoms with E-state index in [1.807, 2.05) is 20.8 Å². The van der Waals surface area contributed by atoms with Gasteiger partial charge >= 0.3 is 0 Å². The molecule has 94 valence electrons. The molecule has 4 nitrogen and oxygen atoms in total. The highest BCUT2D eigenvalue weighted by Gasteiger charge is 2.18. The summed E-state index contributed by atoms with van der Waals surface area (Å²) in [7, 11) is 0. The van der Waals surface area contributed by atoms with Crippen LogP contribution >= 0.6 is 0 Å². The minimum Gasteiger partial charge on any atom is -0.399 e. The molecule has 0 aromatic heterocycles. The van der Waals surface area contributed by atoms with E-state index in [4.69, 9.17) is 10.8 Å². The van der Waals surface area contributed by atoms with Gasteiger partial charge in [-0.1, -0.05) is 13.8 Å². The molecule has 1 amide bonds. The summed E-state index contributed by atoms with van der Waals surface area (Å²) in [5, 5.41) is 11.9. The predicted octanol–water partition coefficient (Wildman–Crippen LogP) is 1.33. The van der Waals surface area contributed by atoms with Crippen molar-refractivity contribution in [1.29, 1.82) is 0 Å². The van der Waals surface area contributed by atoms with Gasteiger partial charge in [0, 0.05) is 29.8 Å². The van der Waals surface area contributed by atoms with Gasteiger partial charge in [-0.15, -0.1) is 0 Å². The molecule has 0 atom stereocenters. The Bertz CT molecular complexity index is 414. The molecular weight excluding hydrogens is 216 g/mol. The van der Waals surface area contributed by atoms with Gasteiger partial charge in [0.1, 0.15) is 0 Å². The Morgan fingerprint density at radius 2 is 2.12 bits per heavy atom. The first-order valence-electron chi connectivity index (χ1n) is 5.61. The van der Waals surface area contributed by atoms with Crippen LogP contribution in [0.3, 0.4) is 0 Å². The van der Waals surface area contributed by atoms with Crippen LogP contribution in [0.15, 0.2) is 18.2 Å². The number of carbonyl (C=O) groups is 1. The van der Waals surface area contributed by atoms with Crippen LogP contribution in [-0.4, -0.2) is 24.2 Å². The summed E-state index contributed by atoms with van der Waals surface area (Å²) in [6.45, 7) is 6.11. The molecule has 0 heterocycles. The maximum Gasteiger partial charge on any atom is 0.251 e. The third kappa shape index (κ3) is 3.75. The number of hydrogen-bond acceptors (Lipinski definition) is 3. The van der Waals surface area contributed by atoms with E-state index >= 15 is 0 Å². The number of benzene rings is 1. The minimum absolute atomic E-state index is 0.0357. The zero-order valence-electron chi connectivity index (χ0n) is 10.6. The van der Waals surface area contributed by atoms with E-state index in [0.29, 0.717) is 17.8 Å². The van der Waals surface area contributed by atoms with E-state index < -0.39 is 0 Å². The van der Waals surface area contributed by atoms with Crippen LogP contribution in [0.1, 0.15) is 29.8 Å². The average molecular weight is 236 g/mol. The Morgan fingerprint density at radius 1 is 1.47 bits per heavy atom. The third-order valence-corrected chi connectivity index (χ3v) is 2.65. The molecule has 1 aromatic rings. The van der Waals surface area contributed by atoms with E-state index in [9.17, 15) is 4.79 Å². The van der Waals surface area contributed by atoms with Crippen molar-refractivity contribution in [2.45, 2.75) is 20.8 Å². The van der Waals surface area contributed by atoms with E-state index in [1.54, 1.807) is 18.2 Å². The number of nitrogens with two attached hydrogens (primary N) is 1. The van der Waals surface area contributed by atoms with Crippen LogP contribution in [0.2, 0.25) is 0 Å². The standard InChI is InChI=1S/C13H20N2O2/c1-9-6-10(14)4-5-11(9)12(17)15-7-13(2,3)8-16/h4-6,16H,7-8,14H2,1-3H3,(H,15,17). The fourth-order valence-corrected chi connectivity index (χ4v) is 1.41. The minimum atomic E-state index is -0.308. The molecule has 0 aliphatic heterocycles. The average Bonchev–Trinajstić information content (AvgIpc) is 2.26. The summed E-state index contributed by atoms with van der Waals surface area (Å²) >= 11 is 0. The molecule has 0 radical (unpaired) electrons. The van der Waals surface area contributed by atoms with Crippen LogP contribution in [0.5, 0.6) is 0 Å². The highest BCUT2D eigenvalue weighted by Crippen LogP contribution is 2.14. The van der Waals surface area contributed by atoms with Crippen molar-refractivity contribution in [2.75, 3.05) is 18.9 Å². The van der Waals surface area contributed by atoms with Gasteiger partial charge < -0.3 is 16.2 Å². The smallest absolute Gasteiger partial charge is 0.251 e. The van der Waals surface area contributed by atoms with Crippen molar-refractivity contribution in [3.8, 4) is 0 Å². The summed E-state index contributed by atoms with van der Waals surface area (Å²) in [5.74, 6) is -0.135. The molecule has 0 aliphatic rings. The number of nitrogen functional groups attached to an aromatic ring is 1. The van der Waals surface area contributed by atoms with E-state index in [2.05, 4.69) is 5.32 Å². The number of carbonyl (C=O) groups excluding carboxylic acids is 1. The van der Waals surface area contributed by atoms with E-state index in [0.717, 1.165) is 5.56 Å². The van der Waals surface area contributed by atoms with Crippen molar-refractivity contribution < 1.29 is 9.90 Å². The van der Waals surface area contributed by atoms with Crippen LogP contribution in [0.25, 0.3) is 0 Å². The summed E-state index contributed by atoms with van der Waals surface area (Å²) in [6.07, 6.45) is 0. The second-order valence-corrected chi connectivity index (χ2v) is 5.08. The number of anilines is 1. The van der Waals surface area contributed by atoms with Crippen molar-refractivity contribution >= 4 is 11.6 Å². The Kier molecular flexibility index (Phi) is 4.12. The molecule has 17 heavy (non-hydrogen) atoms. The summed E-state index contributed by atoms with van der Waals surface area (Å²) < 4.78 is 0. The van der Waals surface area contributed by atoms with Crippen molar-refractivity contribution in [1.82, 2.24) is 5.32 Å². The molecular formula is C13H20N2O2. The molecule has 1 aromatic carbocycles. The highest BCUT2D eigenvalue weighted by molar-refractivity contribution is 5.96. The van der Waals surface area contributed by atoms with Crippen molar-refractivity contribution in [3.05, 3.63) is 29.3 Å². The number of hydrogen-bond donors (Lipinski definition) is 3. The van der Waals surface area contributed by atoms with Gasteiger partial charge in [0.2, 0.25) is 0 Å². The number of amides is 1. The van der Waals surface area contributed by atoms with Gasteiger partial charge in [-0.05, 0) is 30.7 Å². The first-order valence-corrected chi connectivity index (χ1v) is 5.61. The van der Waals surface area contributed by atoms with Gasteiger partial charge in [-0.3, -0.25) is 4.79 Å². The molecule has 0 saturated heterocycles. The number of aliphatic hydroxyl groups excluding tert-OH is 1. The Hall–Kier alpha value is -1.55. The monoisotopic (exact) mass is 236 g/mol. The molecule has 0 spiro atoms. The molecule has 0 fully saturated rings. The van der Waals surface area contributed by atoms with E-state index in [-0.39, 0.29) is 17.9 Å².